The standard InChI is InChI=1S/C26H29NO4S/c1-15(2)14-31-26(29)23-16(3)27-20-12-18(22-9-6-10-32-22)13-21(28)25(20)24(23)17-7-5-8-19(11-17)30-4/h5-11,15,18,24,27H,12-14H2,1-4H3/t18-,24+/m1/s1. The van der Waals surface area contributed by atoms with Gasteiger partial charge in [0.05, 0.1) is 19.3 Å². The highest BCUT2D eigenvalue weighted by atomic mass is 32.1. The minimum absolute atomic E-state index is 0.0756. The number of allylic oxidation sites excluding steroid dienone is 3. The lowest BCUT2D eigenvalue weighted by molar-refractivity contribution is -0.140. The Bertz CT molecular complexity index is 1080. The summed E-state index contributed by atoms with van der Waals surface area (Å²) in [6.45, 7) is 6.23. The van der Waals surface area contributed by atoms with Crippen LogP contribution in [-0.2, 0) is 14.3 Å². The van der Waals surface area contributed by atoms with Gasteiger partial charge in [-0.05, 0) is 48.4 Å². The number of benzene rings is 1. The Morgan fingerprint density at radius 1 is 1.22 bits per heavy atom. The summed E-state index contributed by atoms with van der Waals surface area (Å²) in [5.41, 5.74) is 3.68. The van der Waals surface area contributed by atoms with Gasteiger partial charge >= 0.3 is 5.97 Å². The molecule has 0 unspecified atom stereocenters. The van der Waals surface area contributed by atoms with Crippen LogP contribution < -0.4 is 10.1 Å². The van der Waals surface area contributed by atoms with Crippen molar-refractivity contribution in [1.82, 2.24) is 5.32 Å². The third kappa shape index (κ3) is 4.37. The number of dihydropyridines is 1. The van der Waals surface area contributed by atoms with E-state index in [1.807, 2.05) is 56.5 Å². The smallest absolute Gasteiger partial charge is 0.336 e. The Kier molecular flexibility index (Phi) is 6.51. The summed E-state index contributed by atoms with van der Waals surface area (Å²) in [6, 6.07) is 11.7. The number of methoxy groups -OCH3 is 1. The molecule has 1 aliphatic heterocycles. The third-order valence-corrected chi connectivity index (χ3v) is 7.00. The SMILES string of the molecule is COc1cccc([C@H]2C(C(=O)OCC(C)C)=C(C)NC3=C2C(=O)C[C@H](c2cccs2)C3)c1. The molecule has 32 heavy (non-hydrogen) atoms. The van der Waals surface area contributed by atoms with E-state index >= 15 is 0 Å². The van der Waals surface area contributed by atoms with Crippen molar-refractivity contribution in [1.29, 1.82) is 0 Å². The monoisotopic (exact) mass is 451 g/mol. The van der Waals surface area contributed by atoms with E-state index in [9.17, 15) is 9.59 Å². The van der Waals surface area contributed by atoms with Crippen molar-refractivity contribution in [2.24, 2.45) is 5.92 Å². The number of Topliss-reactive ketones (excluding diaryl/α,β-unsaturated/α-hetero) is 1. The molecular weight excluding hydrogens is 422 g/mol. The Morgan fingerprint density at radius 3 is 2.72 bits per heavy atom. The average Bonchev–Trinajstić information content (AvgIpc) is 3.31. The van der Waals surface area contributed by atoms with Crippen LogP contribution in [-0.4, -0.2) is 25.5 Å². The summed E-state index contributed by atoms with van der Waals surface area (Å²) in [6.07, 6.45) is 1.18. The van der Waals surface area contributed by atoms with Gasteiger partial charge in [0, 0.05) is 40.1 Å². The van der Waals surface area contributed by atoms with Gasteiger partial charge in [0.25, 0.3) is 0 Å². The fraction of sp³-hybridized carbons (Fsp3) is 0.385. The summed E-state index contributed by atoms with van der Waals surface area (Å²) in [5, 5.41) is 5.45. The largest absolute Gasteiger partial charge is 0.497 e. The zero-order valence-electron chi connectivity index (χ0n) is 18.9. The number of hydrogen-bond donors (Lipinski definition) is 1. The molecule has 1 aliphatic carbocycles. The molecule has 2 aliphatic rings. The molecule has 0 amide bonds. The van der Waals surface area contributed by atoms with Gasteiger partial charge in [-0.1, -0.05) is 32.0 Å². The summed E-state index contributed by atoms with van der Waals surface area (Å²) in [7, 11) is 1.61. The second kappa shape index (κ2) is 9.33. The predicted octanol–water partition coefficient (Wildman–Crippen LogP) is 5.32. The molecule has 2 atom stereocenters. The zero-order valence-corrected chi connectivity index (χ0v) is 19.8. The number of nitrogens with one attached hydrogen (secondary N) is 1. The molecule has 0 saturated carbocycles. The predicted molar refractivity (Wildman–Crippen MR) is 126 cm³/mol. The Morgan fingerprint density at radius 2 is 2.03 bits per heavy atom. The summed E-state index contributed by atoms with van der Waals surface area (Å²) >= 11 is 1.68. The van der Waals surface area contributed by atoms with E-state index in [1.165, 1.54) is 4.88 Å². The number of carbonyl (C=O) groups is 2. The Labute approximate surface area is 193 Å². The molecule has 2 aromatic rings. The van der Waals surface area contributed by atoms with Crippen LogP contribution in [0.15, 0.2) is 64.3 Å². The second-order valence-electron chi connectivity index (χ2n) is 8.80. The highest BCUT2D eigenvalue weighted by molar-refractivity contribution is 7.10. The third-order valence-electron chi connectivity index (χ3n) is 5.97. The van der Waals surface area contributed by atoms with Crippen molar-refractivity contribution in [2.45, 2.75) is 45.4 Å². The second-order valence-corrected chi connectivity index (χ2v) is 9.78. The van der Waals surface area contributed by atoms with Crippen LogP contribution in [0.25, 0.3) is 0 Å². The fourth-order valence-electron chi connectivity index (χ4n) is 4.51. The van der Waals surface area contributed by atoms with Gasteiger partial charge in [-0.25, -0.2) is 4.79 Å². The van der Waals surface area contributed by atoms with E-state index in [-0.39, 0.29) is 23.6 Å². The van der Waals surface area contributed by atoms with E-state index in [2.05, 4.69) is 11.4 Å². The van der Waals surface area contributed by atoms with E-state index < -0.39 is 5.92 Å². The number of rotatable bonds is 6. The van der Waals surface area contributed by atoms with Crippen LogP contribution in [0.3, 0.4) is 0 Å². The van der Waals surface area contributed by atoms with Crippen LogP contribution in [0, 0.1) is 5.92 Å². The summed E-state index contributed by atoms with van der Waals surface area (Å²) < 4.78 is 11.0. The maximum absolute atomic E-state index is 13.5. The maximum Gasteiger partial charge on any atom is 0.336 e. The van der Waals surface area contributed by atoms with Crippen LogP contribution in [0.2, 0.25) is 0 Å². The molecule has 2 heterocycles. The molecule has 6 heteroatoms. The summed E-state index contributed by atoms with van der Waals surface area (Å²) in [4.78, 5) is 27.9. The number of carbonyl (C=O) groups excluding carboxylic acids is 2. The molecule has 0 fully saturated rings. The molecule has 5 nitrogen and oxygen atoms in total. The maximum atomic E-state index is 13.5. The topological polar surface area (TPSA) is 64.6 Å². The number of ether oxygens (including phenoxy) is 2. The van der Waals surface area contributed by atoms with E-state index in [1.54, 1.807) is 18.4 Å². The molecule has 0 bridgehead atoms. The number of hydrogen-bond acceptors (Lipinski definition) is 6. The van der Waals surface area contributed by atoms with E-state index in [4.69, 9.17) is 9.47 Å². The zero-order chi connectivity index (χ0) is 22.8. The van der Waals surface area contributed by atoms with Gasteiger partial charge < -0.3 is 14.8 Å². The normalized spacial score (nSPS) is 20.8. The number of thiophene rings is 1. The first-order valence-corrected chi connectivity index (χ1v) is 11.9. The molecule has 0 saturated heterocycles. The quantitative estimate of drug-likeness (QED) is 0.603. The minimum Gasteiger partial charge on any atom is -0.497 e. The van der Waals surface area contributed by atoms with Crippen molar-refractivity contribution in [2.75, 3.05) is 13.7 Å². The van der Waals surface area contributed by atoms with E-state index in [0.29, 0.717) is 29.9 Å². The molecule has 1 N–H and O–H groups in total. The van der Waals surface area contributed by atoms with Crippen LogP contribution in [0.1, 0.15) is 55.9 Å². The first kappa shape index (κ1) is 22.3. The highest BCUT2D eigenvalue weighted by Crippen LogP contribution is 2.46. The van der Waals surface area contributed by atoms with Crippen molar-refractivity contribution >= 4 is 23.1 Å². The van der Waals surface area contributed by atoms with Gasteiger partial charge in [0.15, 0.2) is 5.78 Å². The summed E-state index contributed by atoms with van der Waals surface area (Å²) in [5.74, 6) is 0.294. The lowest BCUT2D eigenvalue weighted by Gasteiger charge is -2.36. The van der Waals surface area contributed by atoms with Crippen LogP contribution >= 0.6 is 11.3 Å². The molecule has 168 valence electrons. The van der Waals surface area contributed by atoms with Crippen molar-refractivity contribution in [3.05, 3.63) is 74.8 Å². The van der Waals surface area contributed by atoms with Crippen molar-refractivity contribution in [3.63, 3.8) is 0 Å². The number of esters is 1. The van der Waals surface area contributed by atoms with Crippen molar-refractivity contribution < 1.29 is 19.1 Å². The molecule has 0 spiro atoms. The van der Waals surface area contributed by atoms with Gasteiger partial charge in [0.2, 0.25) is 0 Å². The molecule has 1 aromatic carbocycles. The Balaban J connectivity index is 1.78. The first-order chi connectivity index (χ1) is 15.4. The molecular formula is C26H29NO4S. The molecule has 0 radical (unpaired) electrons. The minimum atomic E-state index is -0.474. The van der Waals surface area contributed by atoms with Gasteiger partial charge in [0.1, 0.15) is 5.75 Å². The van der Waals surface area contributed by atoms with Crippen LogP contribution in [0.4, 0.5) is 0 Å². The average molecular weight is 452 g/mol. The Hall–Kier alpha value is -2.86. The van der Waals surface area contributed by atoms with Gasteiger partial charge in [-0.15, -0.1) is 11.3 Å². The van der Waals surface area contributed by atoms with Crippen LogP contribution in [0.5, 0.6) is 5.75 Å². The van der Waals surface area contributed by atoms with Crippen molar-refractivity contribution in [3.8, 4) is 5.75 Å². The molecule has 1 aromatic heterocycles. The highest BCUT2D eigenvalue weighted by Gasteiger charge is 2.41. The van der Waals surface area contributed by atoms with Gasteiger partial charge in [-0.2, -0.15) is 0 Å². The lowest BCUT2D eigenvalue weighted by atomic mass is 9.72. The fourth-order valence-corrected chi connectivity index (χ4v) is 5.34. The van der Waals surface area contributed by atoms with Gasteiger partial charge in [-0.3, -0.25) is 4.79 Å². The molecule has 4 rings (SSSR count). The lowest BCUT2D eigenvalue weighted by Crippen LogP contribution is -2.36. The number of ketones is 1. The first-order valence-electron chi connectivity index (χ1n) is 11.0. The van der Waals surface area contributed by atoms with E-state index in [0.717, 1.165) is 23.4 Å².